The van der Waals surface area contributed by atoms with E-state index < -0.39 is 0 Å². The number of ether oxygens (including phenoxy) is 2. The van der Waals surface area contributed by atoms with Gasteiger partial charge in [-0.2, -0.15) is 0 Å². The van der Waals surface area contributed by atoms with Gasteiger partial charge < -0.3 is 14.8 Å². The summed E-state index contributed by atoms with van der Waals surface area (Å²) >= 11 is 0. The summed E-state index contributed by atoms with van der Waals surface area (Å²) in [7, 11) is 0. The van der Waals surface area contributed by atoms with E-state index in [1.165, 1.54) is 0 Å². The minimum absolute atomic E-state index is 0.0490. The molecule has 2 heterocycles. The van der Waals surface area contributed by atoms with E-state index >= 15 is 0 Å². The molecule has 0 aromatic rings. The van der Waals surface area contributed by atoms with Crippen molar-refractivity contribution in [2.75, 3.05) is 39.4 Å². The standard InChI is InChI=1S/C12H22N2O3/c1-2-13-11(15)9-14-5-3-4-10(8-14)12-16-6-7-17-12/h10,12H,2-9H2,1H3,(H,13,15). The van der Waals surface area contributed by atoms with Gasteiger partial charge in [0.1, 0.15) is 0 Å². The quantitative estimate of drug-likeness (QED) is 0.765. The van der Waals surface area contributed by atoms with Crippen LogP contribution in [0.2, 0.25) is 0 Å². The van der Waals surface area contributed by atoms with Crippen molar-refractivity contribution in [3.05, 3.63) is 0 Å². The fourth-order valence-electron chi connectivity index (χ4n) is 2.56. The summed E-state index contributed by atoms with van der Waals surface area (Å²) in [4.78, 5) is 13.7. The van der Waals surface area contributed by atoms with E-state index in [0.29, 0.717) is 32.2 Å². The Morgan fingerprint density at radius 1 is 1.41 bits per heavy atom. The van der Waals surface area contributed by atoms with Crippen molar-refractivity contribution in [1.82, 2.24) is 10.2 Å². The van der Waals surface area contributed by atoms with E-state index in [1.54, 1.807) is 0 Å². The van der Waals surface area contributed by atoms with Crippen LogP contribution >= 0.6 is 0 Å². The van der Waals surface area contributed by atoms with Crippen molar-refractivity contribution in [1.29, 1.82) is 0 Å². The van der Waals surface area contributed by atoms with Crippen LogP contribution in [0, 0.1) is 5.92 Å². The summed E-state index contributed by atoms with van der Waals surface area (Å²) in [5.41, 5.74) is 0. The summed E-state index contributed by atoms with van der Waals surface area (Å²) in [6, 6.07) is 0. The Balaban J connectivity index is 1.77. The molecule has 2 fully saturated rings. The molecule has 0 saturated carbocycles. The van der Waals surface area contributed by atoms with E-state index in [9.17, 15) is 4.79 Å². The zero-order valence-electron chi connectivity index (χ0n) is 10.5. The molecule has 17 heavy (non-hydrogen) atoms. The molecule has 0 radical (unpaired) electrons. The van der Waals surface area contributed by atoms with Crippen LogP contribution in [-0.2, 0) is 14.3 Å². The first kappa shape index (κ1) is 12.8. The average Bonchev–Trinajstić information content (AvgIpc) is 2.83. The predicted molar refractivity (Wildman–Crippen MR) is 63.5 cm³/mol. The molecule has 0 aliphatic carbocycles. The smallest absolute Gasteiger partial charge is 0.234 e. The lowest BCUT2D eigenvalue weighted by Crippen LogP contribution is -2.45. The SMILES string of the molecule is CCNC(=O)CN1CCCC(C2OCCO2)C1. The number of amides is 1. The van der Waals surface area contributed by atoms with Crippen LogP contribution in [0.15, 0.2) is 0 Å². The van der Waals surface area contributed by atoms with Crippen LogP contribution in [-0.4, -0.2) is 56.5 Å². The lowest BCUT2D eigenvalue weighted by Gasteiger charge is -2.34. The summed E-state index contributed by atoms with van der Waals surface area (Å²) in [5.74, 6) is 0.530. The minimum atomic E-state index is -0.0490. The van der Waals surface area contributed by atoms with Crippen molar-refractivity contribution in [3.63, 3.8) is 0 Å². The van der Waals surface area contributed by atoms with Gasteiger partial charge in [-0.05, 0) is 26.3 Å². The molecule has 0 aromatic heterocycles. The molecule has 2 aliphatic heterocycles. The fourth-order valence-corrected chi connectivity index (χ4v) is 2.56. The van der Waals surface area contributed by atoms with E-state index in [2.05, 4.69) is 10.2 Å². The number of hydrogen-bond donors (Lipinski definition) is 1. The van der Waals surface area contributed by atoms with Gasteiger partial charge in [0.25, 0.3) is 0 Å². The van der Waals surface area contributed by atoms with Gasteiger partial charge in [-0.3, -0.25) is 9.69 Å². The summed E-state index contributed by atoms with van der Waals surface area (Å²) in [6.07, 6.45) is 2.20. The number of piperidine rings is 1. The van der Waals surface area contributed by atoms with Gasteiger partial charge in [0.15, 0.2) is 6.29 Å². The second kappa shape index (κ2) is 6.33. The molecular formula is C12H22N2O3. The van der Waals surface area contributed by atoms with Gasteiger partial charge in [0.2, 0.25) is 5.91 Å². The molecule has 5 nitrogen and oxygen atoms in total. The van der Waals surface area contributed by atoms with Crippen molar-refractivity contribution >= 4 is 5.91 Å². The summed E-state index contributed by atoms with van der Waals surface area (Å²) < 4.78 is 11.1. The molecule has 2 rings (SSSR count). The van der Waals surface area contributed by atoms with E-state index in [0.717, 1.165) is 25.9 Å². The zero-order valence-corrected chi connectivity index (χ0v) is 10.5. The molecule has 1 unspecified atom stereocenters. The molecule has 1 amide bonds. The van der Waals surface area contributed by atoms with Gasteiger partial charge in [0, 0.05) is 19.0 Å². The first-order chi connectivity index (χ1) is 8.29. The van der Waals surface area contributed by atoms with Crippen molar-refractivity contribution in [2.24, 2.45) is 5.92 Å². The predicted octanol–water partition coefficient (Wildman–Crippen LogP) is 0.207. The Kier molecular flexibility index (Phi) is 4.76. The maximum Gasteiger partial charge on any atom is 0.234 e. The van der Waals surface area contributed by atoms with E-state index in [-0.39, 0.29) is 12.2 Å². The van der Waals surface area contributed by atoms with Crippen LogP contribution < -0.4 is 5.32 Å². The largest absolute Gasteiger partial charge is 0.355 e. The minimum Gasteiger partial charge on any atom is -0.355 e. The van der Waals surface area contributed by atoms with Gasteiger partial charge in [0.05, 0.1) is 19.8 Å². The third-order valence-electron chi connectivity index (χ3n) is 3.32. The van der Waals surface area contributed by atoms with Crippen LogP contribution in [0.4, 0.5) is 0 Å². The number of hydrogen-bond acceptors (Lipinski definition) is 4. The topological polar surface area (TPSA) is 50.8 Å². The Hall–Kier alpha value is -0.650. The highest BCUT2D eigenvalue weighted by Crippen LogP contribution is 2.24. The third-order valence-corrected chi connectivity index (χ3v) is 3.32. The monoisotopic (exact) mass is 242 g/mol. The maximum atomic E-state index is 11.5. The normalized spacial score (nSPS) is 27.2. The molecule has 0 aromatic carbocycles. The van der Waals surface area contributed by atoms with Crippen molar-refractivity contribution in [2.45, 2.75) is 26.1 Å². The number of carbonyl (C=O) groups is 1. The van der Waals surface area contributed by atoms with Gasteiger partial charge in [-0.1, -0.05) is 0 Å². The van der Waals surface area contributed by atoms with Crippen LogP contribution in [0.25, 0.3) is 0 Å². The van der Waals surface area contributed by atoms with E-state index in [1.807, 2.05) is 6.92 Å². The summed E-state index contributed by atoms with van der Waals surface area (Å²) in [5, 5.41) is 2.83. The van der Waals surface area contributed by atoms with Crippen LogP contribution in [0.1, 0.15) is 19.8 Å². The zero-order chi connectivity index (χ0) is 12.1. The highest BCUT2D eigenvalue weighted by molar-refractivity contribution is 5.77. The molecule has 0 bridgehead atoms. The first-order valence-electron chi connectivity index (χ1n) is 6.52. The summed E-state index contributed by atoms with van der Waals surface area (Å²) in [6.45, 7) is 6.45. The number of likely N-dealkylation sites (tertiary alicyclic amines) is 1. The Labute approximate surface area is 102 Å². The van der Waals surface area contributed by atoms with Crippen molar-refractivity contribution in [3.8, 4) is 0 Å². The van der Waals surface area contributed by atoms with Crippen LogP contribution in [0.5, 0.6) is 0 Å². The van der Waals surface area contributed by atoms with Gasteiger partial charge >= 0.3 is 0 Å². The first-order valence-corrected chi connectivity index (χ1v) is 6.52. The van der Waals surface area contributed by atoms with Gasteiger partial charge in [-0.25, -0.2) is 0 Å². The molecule has 5 heteroatoms. The molecular weight excluding hydrogens is 220 g/mol. The number of nitrogens with one attached hydrogen (secondary N) is 1. The Morgan fingerprint density at radius 3 is 2.88 bits per heavy atom. The Bertz CT molecular complexity index is 254. The van der Waals surface area contributed by atoms with E-state index in [4.69, 9.17) is 9.47 Å². The van der Waals surface area contributed by atoms with Crippen LogP contribution in [0.3, 0.4) is 0 Å². The number of carbonyl (C=O) groups excluding carboxylic acids is 1. The fraction of sp³-hybridized carbons (Fsp3) is 0.917. The molecule has 2 aliphatic rings. The molecule has 1 N–H and O–H groups in total. The lowest BCUT2D eigenvalue weighted by molar-refractivity contribution is -0.125. The number of rotatable bonds is 4. The average molecular weight is 242 g/mol. The second-order valence-electron chi connectivity index (χ2n) is 4.70. The lowest BCUT2D eigenvalue weighted by atomic mass is 9.97. The number of likely N-dealkylation sites (N-methyl/N-ethyl adjacent to an activating group) is 1. The molecule has 98 valence electrons. The molecule has 1 atom stereocenters. The highest BCUT2D eigenvalue weighted by atomic mass is 16.7. The Morgan fingerprint density at radius 2 is 2.18 bits per heavy atom. The second-order valence-corrected chi connectivity index (χ2v) is 4.70. The highest BCUT2D eigenvalue weighted by Gasteiger charge is 2.31. The number of nitrogens with zero attached hydrogens (tertiary/aromatic N) is 1. The van der Waals surface area contributed by atoms with Gasteiger partial charge in [-0.15, -0.1) is 0 Å². The van der Waals surface area contributed by atoms with Crippen molar-refractivity contribution < 1.29 is 14.3 Å². The molecule has 2 saturated heterocycles. The maximum absolute atomic E-state index is 11.5. The third kappa shape index (κ3) is 3.66. The molecule has 0 spiro atoms.